The van der Waals surface area contributed by atoms with E-state index in [1.54, 1.807) is 21.5 Å². The summed E-state index contributed by atoms with van der Waals surface area (Å²) < 4.78 is 3.52. The van der Waals surface area contributed by atoms with Gasteiger partial charge in [-0.2, -0.15) is 15.5 Å². The topological polar surface area (TPSA) is 104 Å². The SMILES string of the molecule is Cc1cccc(Cl)c1C(=O)NCC1[C@H]2CN(c3ccc(-c4cc(-c5cnn(C)c5)cn5ncc(C#N)c45)cn3)C[C@@H]12. The van der Waals surface area contributed by atoms with E-state index in [1.165, 1.54) is 0 Å². The smallest absolute Gasteiger partial charge is 0.253 e. The van der Waals surface area contributed by atoms with Gasteiger partial charge in [0, 0.05) is 67.5 Å². The second-order valence-electron chi connectivity index (χ2n) is 11.0. The first-order valence-electron chi connectivity index (χ1n) is 13.6. The van der Waals surface area contributed by atoms with Crippen LogP contribution in [0.5, 0.6) is 0 Å². The van der Waals surface area contributed by atoms with Gasteiger partial charge in [-0.1, -0.05) is 23.7 Å². The standard InChI is InChI=1S/C31H27ClN8O/c1-18-4-3-5-27(32)29(18)31(41)35-13-24-25-16-39(17-26(24)25)28-7-6-19(10-34-28)23-8-20(22-12-36-38(2)14-22)15-40-30(23)21(9-33)11-37-40/h3-8,10-12,14-15,24-26H,13,16-17H2,1-2H3,(H,35,41)/t24?,25-,26+. The minimum Gasteiger partial charge on any atom is -0.356 e. The fourth-order valence-electron chi connectivity index (χ4n) is 6.24. The van der Waals surface area contributed by atoms with Crippen molar-refractivity contribution in [2.75, 3.05) is 24.5 Å². The summed E-state index contributed by atoms with van der Waals surface area (Å²) in [5, 5.41) is 22.0. The maximum Gasteiger partial charge on any atom is 0.253 e. The van der Waals surface area contributed by atoms with Crippen LogP contribution in [0.15, 0.2) is 67.4 Å². The number of hydrogen-bond donors (Lipinski definition) is 1. The minimum atomic E-state index is -0.105. The number of nitriles is 1. The molecule has 1 saturated carbocycles. The Kier molecular flexibility index (Phi) is 6.02. The van der Waals surface area contributed by atoms with Crippen molar-refractivity contribution in [2.24, 2.45) is 24.8 Å². The summed E-state index contributed by atoms with van der Waals surface area (Å²) in [7, 11) is 1.88. The molecule has 41 heavy (non-hydrogen) atoms. The van der Waals surface area contributed by atoms with Gasteiger partial charge in [0.1, 0.15) is 11.9 Å². The van der Waals surface area contributed by atoms with Gasteiger partial charge in [-0.15, -0.1) is 0 Å². The van der Waals surface area contributed by atoms with Crippen molar-refractivity contribution in [1.82, 2.24) is 29.7 Å². The van der Waals surface area contributed by atoms with Crippen LogP contribution in [0.2, 0.25) is 5.02 Å². The average Bonchev–Trinajstić information content (AvgIpc) is 3.41. The van der Waals surface area contributed by atoms with Crippen molar-refractivity contribution in [3.05, 3.63) is 89.1 Å². The predicted molar refractivity (Wildman–Crippen MR) is 157 cm³/mol. The molecule has 4 aromatic heterocycles. The van der Waals surface area contributed by atoms with Crippen LogP contribution < -0.4 is 10.2 Å². The van der Waals surface area contributed by atoms with E-state index < -0.39 is 0 Å². The molecule has 2 fully saturated rings. The Balaban J connectivity index is 1.05. The number of aromatic nitrogens is 5. The van der Waals surface area contributed by atoms with Gasteiger partial charge < -0.3 is 10.2 Å². The molecule has 1 aliphatic carbocycles. The van der Waals surface area contributed by atoms with E-state index in [0.717, 1.165) is 52.2 Å². The van der Waals surface area contributed by atoms with E-state index in [2.05, 4.69) is 38.6 Å². The number of hydrogen-bond acceptors (Lipinski definition) is 6. The molecule has 1 amide bonds. The highest BCUT2D eigenvalue weighted by Crippen LogP contribution is 2.52. The monoisotopic (exact) mass is 562 g/mol. The second-order valence-corrected chi connectivity index (χ2v) is 11.4. The highest BCUT2D eigenvalue weighted by molar-refractivity contribution is 6.34. The third-order valence-electron chi connectivity index (χ3n) is 8.47. The van der Waals surface area contributed by atoms with Crippen LogP contribution in [-0.4, -0.2) is 49.9 Å². The summed E-state index contributed by atoms with van der Waals surface area (Å²) in [5.41, 5.74) is 6.46. The molecule has 5 heterocycles. The number of fused-ring (bicyclic) bond motifs is 2. The van der Waals surface area contributed by atoms with Crippen molar-refractivity contribution in [1.29, 1.82) is 5.26 Å². The number of nitrogens with zero attached hydrogens (tertiary/aromatic N) is 7. The zero-order valence-electron chi connectivity index (χ0n) is 22.6. The summed E-state index contributed by atoms with van der Waals surface area (Å²) in [6, 6.07) is 14.0. The Hall–Kier alpha value is -4.68. The number of rotatable bonds is 6. The Bertz CT molecular complexity index is 1820. The molecule has 5 aromatic rings. The van der Waals surface area contributed by atoms with E-state index in [1.807, 2.05) is 57.0 Å². The second kappa shape index (κ2) is 9.75. The van der Waals surface area contributed by atoms with Crippen LogP contribution in [0, 0.1) is 36.0 Å². The van der Waals surface area contributed by atoms with Crippen LogP contribution in [0.3, 0.4) is 0 Å². The molecule has 204 valence electrons. The first-order chi connectivity index (χ1) is 19.9. The number of carbonyl (C=O) groups is 1. The molecule has 3 atom stereocenters. The van der Waals surface area contributed by atoms with Crippen LogP contribution in [0.4, 0.5) is 5.82 Å². The lowest BCUT2D eigenvalue weighted by atomic mass is 10.0. The molecule has 10 heteroatoms. The van der Waals surface area contributed by atoms with Gasteiger partial charge >= 0.3 is 0 Å². The van der Waals surface area contributed by atoms with Gasteiger partial charge in [0.2, 0.25) is 0 Å². The lowest BCUT2D eigenvalue weighted by Gasteiger charge is -2.21. The lowest BCUT2D eigenvalue weighted by Crippen LogP contribution is -2.31. The number of amides is 1. The normalized spacial score (nSPS) is 19.3. The molecule has 2 aliphatic rings. The van der Waals surface area contributed by atoms with E-state index in [9.17, 15) is 10.1 Å². The number of benzene rings is 1. The number of anilines is 1. The molecular formula is C31H27ClN8O. The first kappa shape index (κ1) is 25.3. The number of halogens is 1. The van der Waals surface area contributed by atoms with Crippen LogP contribution >= 0.6 is 11.6 Å². The highest BCUT2D eigenvalue weighted by atomic mass is 35.5. The van der Waals surface area contributed by atoms with Gasteiger partial charge in [-0.05, 0) is 54.5 Å². The number of aryl methyl sites for hydroxylation is 2. The molecule has 7 rings (SSSR count). The third-order valence-corrected chi connectivity index (χ3v) is 8.79. The van der Waals surface area contributed by atoms with Crippen LogP contribution in [-0.2, 0) is 7.05 Å². The van der Waals surface area contributed by atoms with Crippen molar-refractivity contribution in [3.63, 3.8) is 0 Å². The lowest BCUT2D eigenvalue weighted by molar-refractivity contribution is 0.0950. The molecule has 0 spiro atoms. The quantitative estimate of drug-likeness (QED) is 0.320. The summed E-state index contributed by atoms with van der Waals surface area (Å²) >= 11 is 6.27. The first-order valence-corrected chi connectivity index (χ1v) is 13.9. The largest absolute Gasteiger partial charge is 0.356 e. The fraction of sp³-hybridized carbons (Fsp3) is 0.258. The number of piperidine rings is 1. The Morgan fingerprint density at radius 2 is 1.90 bits per heavy atom. The van der Waals surface area contributed by atoms with E-state index in [0.29, 0.717) is 40.4 Å². The van der Waals surface area contributed by atoms with Crippen LogP contribution in [0.25, 0.3) is 27.8 Å². The van der Waals surface area contributed by atoms with Gasteiger partial charge in [0.15, 0.2) is 0 Å². The van der Waals surface area contributed by atoms with Crippen molar-refractivity contribution in [2.45, 2.75) is 6.92 Å². The predicted octanol–water partition coefficient (Wildman–Crippen LogP) is 4.74. The molecule has 1 aliphatic heterocycles. The van der Waals surface area contributed by atoms with Gasteiger partial charge in [-0.3, -0.25) is 9.48 Å². The summed E-state index contributed by atoms with van der Waals surface area (Å²) in [4.78, 5) is 19.9. The zero-order chi connectivity index (χ0) is 28.2. The Labute approximate surface area is 242 Å². The van der Waals surface area contributed by atoms with Gasteiger partial charge in [-0.25, -0.2) is 9.50 Å². The average molecular weight is 563 g/mol. The summed E-state index contributed by atoms with van der Waals surface area (Å²) in [6.45, 7) is 4.41. The fourth-order valence-corrected chi connectivity index (χ4v) is 6.55. The number of nitrogens with one attached hydrogen (secondary N) is 1. The van der Waals surface area contributed by atoms with Gasteiger partial charge in [0.05, 0.1) is 34.1 Å². The molecule has 1 N–H and O–H groups in total. The zero-order valence-corrected chi connectivity index (χ0v) is 23.4. The highest BCUT2D eigenvalue weighted by Gasteiger charge is 2.55. The molecule has 0 radical (unpaired) electrons. The van der Waals surface area contributed by atoms with Crippen LogP contribution in [0.1, 0.15) is 21.5 Å². The van der Waals surface area contributed by atoms with Crippen molar-refractivity contribution >= 4 is 28.8 Å². The number of carbonyl (C=O) groups excluding carboxylic acids is 1. The Morgan fingerprint density at radius 3 is 2.59 bits per heavy atom. The molecule has 1 aromatic carbocycles. The van der Waals surface area contributed by atoms with E-state index in [4.69, 9.17) is 16.6 Å². The van der Waals surface area contributed by atoms with E-state index >= 15 is 0 Å². The Morgan fingerprint density at radius 1 is 1.07 bits per heavy atom. The van der Waals surface area contributed by atoms with Crippen molar-refractivity contribution < 1.29 is 4.79 Å². The summed E-state index contributed by atoms with van der Waals surface area (Å²) in [6.07, 6.45) is 9.16. The summed E-state index contributed by atoms with van der Waals surface area (Å²) in [5.74, 6) is 2.40. The van der Waals surface area contributed by atoms with Gasteiger partial charge in [0.25, 0.3) is 5.91 Å². The molecule has 1 saturated heterocycles. The maximum absolute atomic E-state index is 12.7. The molecule has 0 bridgehead atoms. The van der Waals surface area contributed by atoms with Crippen molar-refractivity contribution in [3.8, 4) is 28.3 Å². The minimum absolute atomic E-state index is 0.105. The van der Waals surface area contributed by atoms with E-state index in [-0.39, 0.29) is 5.91 Å². The molecular weight excluding hydrogens is 536 g/mol. The number of pyridine rings is 2. The third kappa shape index (κ3) is 4.41. The molecule has 1 unspecified atom stereocenters. The maximum atomic E-state index is 12.7. The molecule has 9 nitrogen and oxygen atoms in total.